The first-order chi connectivity index (χ1) is 68.7. The number of hydrogen-bond donors (Lipinski definition) is 11. The standard InChI is InChI=1S/C22H15NO7S.C21H14Cl2N2O3S.C21H15ClN2O3S.C20H17BrN2O3S.C20H14Cl2FNO3S/c24-20(25)18-17(30-21(26)16-10-14-8-4-5-9-15(14)29-16)12-31-19(18)23-22(27)28-11-13-6-2-1-3-7-13;22-15-7-5-12(6-8-15)16-11-29-20(18(16)21(27)28)25-19(26)14(10-24)9-13-3-1-2-4-17(13)23;1-23-17-5-3-2-4-14(17)8-11-18(25)24-20-19(21(26)27)16(12-28-20)13-6-9-15(22)10-7-13;1-2-12-4-3-5-15(10-12)22-20(26)23-18-17(19(24)25)16(11-27-18)13-6-8-14(21)9-7-13;21-13-7-5-11(6-8-13)14-10-28-19(17(14)20(26)27)24-18(25)16(23)9-12-3-1-2-4-15(12)22/h1-10,12H,11H2,(H,23,27)(H,24,25);1-8,11,14H,9H2,(H,25,26)(H,27,28);2-7,9-10,12H,8,11H2,(H,24,25)(H,26,27);3-11H,2H2,1H3,(H,24,25)(H2,22,23,26);1-8,10,16H,9H2,(H,24,25)(H,26,27)/t;;;;16-/m....1/s1. The Morgan fingerprint density at radius 1 is 0.462 bits per heavy atom. The Hall–Kier alpha value is -15.2. The summed E-state index contributed by atoms with van der Waals surface area (Å²) in [6.45, 7) is 9.23. The molecule has 0 aliphatic rings. The number of rotatable bonds is 29. The van der Waals surface area contributed by atoms with Crippen molar-refractivity contribution >= 4 is 244 Å². The van der Waals surface area contributed by atoms with E-state index in [0.29, 0.717) is 114 Å². The van der Waals surface area contributed by atoms with E-state index in [1.165, 1.54) is 34.1 Å². The molecule has 2 atom stereocenters. The summed E-state index contributed by atoms with van der Waals surface area (Å²) in [7, 11) is 0. The number of anilines is 6. The minimum Gasteiger partial charge on any atom is -0.478 e. The van der Waals surface area contributed by atoms with Gasteiger partial charge in [-0.2, -0.15) is 5.26 Å². The van der Waals surface area contributed by atoms with Crippen LogP contribution in [0, 0.1) is 23.8 Å². The van der Waals surface area contributed by atoms with E-state index >= 15 is 0 Å². The number of benzene rings is 10. The third-order valence-electron chi connectivity index (χ3n) is 20.6. The Balaban J connectivity index is 0.000000160. The number of nitrogens with zero attached hydrogens (tertiary/aromatic N) is 2. The average molecular weight is 2180 g/mol. The molecule has 6 aromatic heterocycles. The van der Waals surface area contributed by atoms with Gasteiger partial charge in [0.15, 0.2) is 17.6 Å². The molecule has 27 nitrogen and oxygen atoms in total. The Labute approximate surface area is 868 Å². The van der Waals surface area contributed by atoms with Gasteiger partial charge in [-0.1, -0.05) is 251 Å². The van der Waals surface area contributed by atoms with Crippen molar-refractivity contribution in [1.82, 2.24) is 0 Å². The lowest BCUT2D eigenvalue weighted by atomic mass is 9.99. The second-order valence-corrected chi connectivity index (χ2v) is 37.6. The monoisotopic (exact) mass is 2170 g/mol. The van der Waals surface area contributed by atoms with Crippen LogP contribution >= 0.6 is 131 Å². The molecule has 11 N–H and O–H groups in total. The highest BCUT2D eigenvalue weighted by atomic mass is 79.9. The molecule has 10 aromatic carbocycles. The zero-order chi connectivity index (χ0) is 103. The number of aromatic carboxylic acids is 5. The van der Waals surface area contributed by atoms with Crippen LogP contribution in [-0.4, -0.2) is 97.4 Å². The van der Waals surface area contributed by atoms with Crippen LogP contribution in [0.2, 0.25) is 25.1 Å². The zero-order valence-electron chi connectivity index (χ0n) is 74.1. The van der Waals surface area contributed by atoms with Crippen molar-refractivity contribution in [3.8, 4) is 56.3 Å². The van der Waals surface area contributed by atoms with Gasteiger partial charge in [-0.3, -0.25) is 25.0 Å². The normalized spacial score (nSPS) is 10.9. The van der Waals surface area contributed by atoms with Crippen molar-refractivity contribution < 1.29 is 96.6 Å². The van der Waals surface area contributed by atoms with Gasteiger partial charge in [0.25, 0.3) is 5.91 Å². The molecular formula is C104H75BrCl5FN8O19S5. The number of alkyl halides is 1. The molecule has 16 aromatic rings. The van der Waals surface area contributed by atoms with E-state index in [9.17, 15) is 87.9 Å². The van der Waals surface area contributed by atoms with Gasteiger partial charge < -0.3 is 60.7 Å². The van der Waals surface area contributed by atoms with Crippen molar-refractivity contribution in [3.63, 3.8) is 0 Å². The van der Waals surface area contributed by atoms with Gasteiger partial charge in [0, 0.05) is 103 Å². The molecule has 0 aliphatic carbocycles. The second kappa shape index (κ2) is 51.3. The number of nitrogens with one attached hydrogen (secondary N) is 6. The molecule has 0 radical (unpaired) electrons. The number of para-hydroxylation sites is 2. The molecule has 143 heavy (non-hydrogen) atoms. The molecule has 39 heteroatoms. The number of fused-ring (bicyclic) bond motifs is 1. The molecule has 0 fully saturated rings. The molecule has 0 bridgehead atoms. The molecule has 6 heterocycles. The first-order valence-electron chi connectivity index (χ1n) is 42.3. The number of hydrogen-bond acceptors (Lipinski definition) is 20. The summed E-state index contributed by atoms with van der Waals surface area (Å²) in [4.78, 5) is 136. The topological polar surface area (TPSA) is 421 Å². The molecule has 6 amide bonds. The van der Waals surface area contributed by atoms with Crippen molar-refractivity contribution in [2.45, 2.75) is 51.8 Å². The van der Waals surface area contributed by atoms with Crippen molar-refractivity contribution in [1.29, 1.82) is 5.26 Å². The number of urea groups is 1. The average Bonchev–Trinajstić information content (AvgIpc) is 1.68. The fraction of sp³-hybridized carbons (Fsp3) is 0.0865. The fourth-order valence-corrected chi connectivity index (χ4v) is 19.4. The molecule has 16 rings (SSSR count). The molecule has 724 valence electrons. The molecular weight excluding hydrogens is 2100 g/mol. The fourth-order valence-electron chi connectivity index (χ4n) is 13.6. The largest absolute Gasteiger partial charge is 0.478 e. The first-order valence-corrected chi connectivity index (χ1v) is 49.3. The first kappa shape index (κ1) is 107. The van der Waals surface area contributed by atoms with Gasteiger partial charge in [0.05, 0.1) is 12.6 Å². The highest BCUT2D eigenvalue weighted by Gasteiger charge is 2.31. The summed E-state index contributed by atoms with van der Waals surface area (Å²) >= 11 is 38.5. The highest BCUT2D eigenvalue weighted by Crippen LogP contribution is 2.43. The van der Waals surface area contributed by atoms with Gasteiger partial charge in [0.2, 0.25) is 17.6 Å². The second-order valence-electron chi connectivity index (χ2n) is 30.1. The van der Waals surface area contributed by atoms with Gasteiger partial charge in [-0.05, 0) is 154 Å². The van der Waals surface area contributed by atoms with Crippen LogP contribution < -0.4 is 36.6 Å². The molecule has 0 aliphatic heterocycles. The number of amides is 6. The minimum absolute atomic E-state index is 0.0158. The number of thiophene rings is 5. The maximum absolute atomic E-state index is 14.4. The molecule has 1 unspecified atom stereocenters. The maximum Gasteiger partial charge on any atom is 0.412 e. The Bertz CT molecular complexity index is 7440. The van der Waals surface area contributed by atoms with E-state index in [1.807, 2.05) is 73.7 Å². The summed E-state index contributed by atoms with van der Waals surface area (Å²) in [6, 6.07) is 74.9. The number of carbonyl (C=O) groups is 11. The zero-order valence-corrected chi connectivity index (χ0v) is 83.5. The lowest BCUT2D eigenvalue weighted by molar-refractivity contribution is -0.121. The van der Waals surface area contributed by atoms with E-state index in [4.69, 9.17) is 78.5 Å². The van der Waals surface area contributed by atoms with E-state index in [-0.39, 0.29) is 86.1 Å². The summed E-state index contributed by atoms with van der Waals surface area (Å²) in [5, 5.41) is 85.0. The predicted octanol–water partition coefficient (Wildman–Crippen LogP) is 28.8. The highest BCUT2D eigenvalue weighted by molar-refractivity contribution is 9.10. The lowest BCUT2D eigenvalue weighted by Gasteiger charge is -2.11. The quantitative estimate of drug-likeness (QED) is 0.0153. The van der Waals surface area contributed by atoms with Crippen molar-refractivity contribution in [3.05, 3.63) is 384 Å². The Morgan fingerprint density at radius 2 is 0.888 bits per heavy atom. The number of furan rings is 1. The third kappa shape index (κ3) is 29.3. The number of ether oxygens (including phenoxy) is 2. The third-order valence-corrected chi connectivity index (χ3v) is 27.1. The van der Waals surface area contributed by atoms with Crippen molar-refractivity contribution in [2.75, 3.05) is 31.9 Å². The van der Waals surface area contributed by atoms with Gasteiger partial charge in [-0.25, -0.2) is 47.6 Å². The van der Waals surface area contributed by atoms with Crippen LogP contribution in [0.3, 0.4) is 0 Å². The van der Waals surface area contributed by atoms with Gasteiger partial charge in [0.1, 0.15) is 70.9 Å². The number of halogens is 7. The number of esters is 1. The number of carboxylic acids is 5. The van der Waals surface area contributed by atoms with E-state index < -0.39 is 71.8 Å². The van der Waals surface area contributed by atoms with Gasteiger partial charge >= 0.3 is 47.9 Å². The number of carbonyl (C=O) groups excluding carboxylic acids is 6. The maximum atomic E-state index is 14.4. The van der Waals surface area contributed by atoms with Crippen LogP contribution in [0.5, 0.6) is 5.75 Å². The van der Waals surface area contributed by atoms with Crippen LogP contribution in [0.4, 0.5) is 50.4 Å². The predicted molar refractivity (Wildman–Crippen MR) is 562 cm³/mol. The smallest absolute Gasteiger partial charge is 0.412 e. The SMILES string of the molecule is CCc1cccc(NC(=O)Nc2scc(-c3ccc(Br)cc3)c2C(=O)O)c1.N#CC(Cc1ccccc1Cl)C(=O)Nc1scc(-c2ccc(Cl)cc2)c1C(=O)O.O=C(Nc1scc(OC(=O)c2cc3ccccc3o2)c1C(=O)O)OCc1ccccc1.O=C(O)c1c(-c2ccc(Cl)cc2)csc1NC(=O)[C@H](F)Cc1ccccc1Cl.[C-]#[N+]c1ccccc1CCC(=O)Nc1scc(-c2ccc(Cl)cc2)c1C(=O)O. The Kier molecular flexibility index (Phi) is 38.3. The molecule has 0 saturated carbocycles. The number of carboxylic acid groups (broad SMARTS) is 5. The van der Waals surface area contributed by atoms with Gasteiger partial charge in [-0.15, -0.1) is 56.7 Å². The van der Waals surface area contributed by atoms with Crippen LogP contribution in [-0.2, 0) is 51.4 Å². The number of aryl methyl sites for hydroxylation is 2. The Morgan fingerprint density at radius 3 is 1.37 bits per heavy atom. The molecule has 0 spiro atoms. The summed E-state index contributed by atoms with van der Waals surface area (Å²) in [5.74, 6) is -9.91. The molecule has 0 saturated heterocycles. The summed E-state index contributed by atoms with van der Waals surface area (Å²) < 4.78 is 31.1. The van der Waals surface area contributed by atoms with E-state index in [0.717, 1.165) is 67.2 Å². The minimum atomic E-state index is -1.87. The lowest BCUT2D eigenvalue weighted by Crippen LogP contribution is -2.26. The van der Waals surface area contributed by atoms with E-state index in [1.54, 1.807) is 210 Å². The van der Waals surface area contributed by atoms with Crippen molar-refractivity contribution in [2.24, 2.45) is 5.92 Å². The summed E-state index contributed by atoms with van der Waals surface area (Å²) in [5.41, 5.74) is 9.96. The van der Waals surface area contributed by atoms with Crippen LogP contribution in [0.1, 0.15) is 104 Å². The van der Waals surface area contributed by atoms with Crippen LogP contribution in [0.15, 0.2) is 291 Å². The van der Waals surface area contributed by atoms with E-state index in [2.05, 4.69) is 52.7 Å². The van der Waals surface area contributed by atoms with Crippen LogP contribution in [0.25, 0.3) is 60.3 Å². The summed E-state index contributed by atoms with van der Waals surface area (Å²) in [6.07, 6.45) is -1.36. The number of nitriles is 1.